The normalized spacial score (nSPS) is 10.8. The van der Waals surface area contributed by atoms with Gasteiger partial charge in [-0.15, -0.1) is 0 Å². The number of aromatic hydroxyl groups is 1. The van der Waals surface area contributed by atoms with Crippen molar-refractivity contribution in [2.24, 2.45) is 0 Å². The fourth-order valence-corrected chi connectivity index (χ4v) is 4.99. The van der Waals surface area contributed by atoms with E-state index in [0.717, 1.165) is 57.7 Å². The molecule has 0 heterocycles. The minimum absolute atomic E-state index is 0.166. The number of para-hydroxylation sites is 2. The van der Waals surface area contributed by atoms with Crippen LogP contribution >= 0.6 is 0 Å². The Morgan fingerprint density at radius 2 is 1.10 bits per heavy atom. The zero-order valence-electron chi connectivity index (χ0n) is 24.2. The van der Waals surface area contributed by atoms with Crippen molar-refractivity contribution in [2.75, 3.05) is 28.4 Å². The number of hydrogen-bond donors (Lipinski definition) is 1. The molecule has 6 nitrogen and oxygen atoms in total. The summed E-state index contributed by atoms with van der Waals surface area (Å²) in [4.78, 5) is 0. The highest BCUT2D eigenvalue weighted by Gasteiger charge is 2.21. The van der Waals surface area contributed by atoms with Crippen molar-refractivity contribution in [2.45, 2.75) is 39.5 Å². The molecule has 0 spiro atoms. The number of aryl methyl sites for hydroxylation is 3. The van der Waals surface area contributed by atoms with E-state index in [1.165, 1.54) is 0 Å². The molecule has 40 heavy (non-hydrogen) atoms. The molecular weight excluding hydrogens is 504 g/mol. The Morgan fingerprint density at radius 3 is 1.68 bits per heavy atom. The smallest absolute Gasteiger partial charge is 0.173 e. The van der Waals surface area contributed by atoms with Crippen LogP contribution in [0.4, 0.5) is 0 Å². The van der Waals surface area contributed by atoms with Crippen LogP contribution in [0.1, 0.15) is 33.4 Å². The second-order valence-corrected chi connectivity index (χ2v) is 9.67. The highest BCUT2D eigenvalue weighted by molar-refractivity contribution is 5.59. The lowest BCUT2D eigenvalue weighted by Gasteiger charge is -2.21. The molecule has 0 amide bonds. The van der Waals surface area contributed by atoms with Crippen LogP contribution in [-0.2, 0) is 25.7 Å². The van der Waals surface area contributed by atoms with Crippen LogP contribution in [0.5, 0.6) is 40.2 Å². The van der Waals surface area contributed by atoms with Crippen LogP contribution in [0.15, 0.2) is 66.7 Å². The predicted molar refractivity (Wildman–Crippen MR) is 158 cm³/mol. The van der Waals surface area contributed by atoms with Crippen molar-refractivity contribution >= 4 is 0 Å². The Kier molecular flexibility index (Phi) is 9.43. The summed E-state index contributed by atoms with van der Waals surface area (Å²) in [6.45, 7) is 3.96. The molecule has 6 heteroatoms. The van der Waals surface area contributed by atoms with Crippen molar-refractivity contribution in [1.82, 2.24) is 0 Å². The van der Waals surface area contributed by atoms with Gasteiger partial charge in [-0.2, -0.15) is 0 Å². The van der Waals surface area contributed by atoms with Crippen molar-refractivity contribution in [3.63, 3.8) is 0 Å². The van der Waals surface area contributed by atoms with E-state index >= 15 is 0 Å². The lowest BCUT2D eigenvalue weighted by atomic mass is 9.97. The fraction of sp³-hybridized carbons (Fsp3) is 0.294. The number of phenolic OH excluding ortho intramolecular Hbond substituents is 1. The molecule has 210 valence electrons. The first kappa shape index (κ1) is 28.7. The third-order valence-electron chi connectivity index (χ3n) is 7.40. The average Bonchev–Trinajstić information content (AvgIpc) is 2.99. The summed E-state index contributed by atoms with van der Waals surface area (Å²) in [7, 11) is 6.60. The maximum absolute atomic E-state index is 10.7. The van der Waals surface area contributed by atoms with Crippen LogP contribution in [0, 0.1) is 13.8 Å². The Hall–Kier alpha value is -4.32. The molecular formula is C34H38O6. The summed E-state index contributed by atoms with van der Waals surface area (Å²) in [6, 6.07) is 21.6. The topological polar surface area (TPSA) is 66.4 Å². The van der Waals surface area contributed by atoms with E-state index in [9.17, 15) is 5.11 Å². The monoisotopic (exact) mass is 542 g/mol. The highest BCUT2D eigenvalue weighted by Crippen LogP contribution is 2.44. The van der Waals surface area contributed by atoms with Gasteiger partial charge in [0, 0.05) is 17.7 Å². The first-order chi connectivity index (χ1) is 19.4. The van der Waals surface area contributed by atoms with Crippen LogP contribution in [0.3, 0.4) is 0 Å². The molecule has 4 rings (SSSR count). The summed E-state index contributed by atoms with van der Waals surface area (Å²) in [5.74, 6) is 4.31. The van der Waals surface area contributed by atoms with Crippen LogP contribution in [-0.4, -0.2) is 33.5 Å². The minimum Gasteiger partial charge on any atom is -0.508 e. The van der Waals surface area contributed by atoms with E-state index in [1.807, 2.05) is 49.4 Å². The lowest BCUT2D eigenvalue weighted by molar-refractivity contribution is 0.366. The summed E-state index contributed by atoms with van der Waals surface area (Å²) in [6.07, 6.45) is 2.92. The van der Waals surface area contributed by atoms with E-state index in [1.54, 1.807) is 34.5 Å². The molecule has 0 aromatic heterocycles. The molecule has 0 bridgehead atoms. The molecule has 0 saturated heterocycles. The van der Waals surface area contributed by atoms with Crippen LogP contribution in [0.2, 0.25) is 0 Å². The van der Waals surface area contributed by atoms with Gasteiger partial charge in [0.15, 0.2) is 11.5 Å². The number of phenols is 1. The molecule has 0 aliphatic heterocycles. The Bertz CT molecular complexity index is 1460. The number of methoxy groups -OCH3 is 4. The van der Waals surface area contributed by atoms with Crippen molar-refractivity contribution in [1.29, 1.82) is 0 Å². The van der Waals surface area contributed by atoms with Crippen LogP contribution in [0.25, 0.3) is 0 Å². The quantitative estimate of drug-likeness (QED) is 0.201. The third-order valence-corrected chi connectivity index (χ3v) is 7.40. The van der Waals surface area contributed by atoms with Gasteiger partial charge in [-0.25, -0.2) is 0 Å². The van der Waals surface area contributed by atoms with Gasteiger partial charge in [-0.05, 0) is 85.5 Å². The highest BCUT2D eigenvalue weighted by atomic mass is 16.5. The molecule has 1 N–H and O–H groups in total. The molecule has 0 radical (unpaired) electrons. The van der Waals surface area contributed by atoms with Gasteiger partial charge in [0.05, 0.1) is 28.4 Å². The molecule has 0 atom stereocenters. The SMILES string of the molecule is COc1cc(CCc2ccccc2OC)c(C)c(Oc2c(OC)cc(O)c(C)c2CCc2ccccc2OC)c1. The predicted octanol–water partition coefficient (Wildman–Crippen LogP) is 7.41. The van der Waals surface area contributed by atoms with Crippen LogP contribution < -0.4 is 23.7 Å². The standard InChI is InChI=1S/C34H38O6/c1-22-26(16-15-24-11-7-9-13-30(24)37-4)19-27(36-3)20-32(22)40-34-28(23(2)29(35)21-33(34)39-6)18-17-25-12-8-10-14-31(25)38-5/h7-14,19-21,35H,15-18H2,1-6H3. The Morgan fingerprint density at radius 1 is 0.550 bits per heavy atom. The second-order valence-electron chi connectivity index (χ2n) is 9.67. The Labute approximate surface area is 237 Å². The number of ether oxygens (including phenoxy) is 5. The molecule has 0 aliphatic rings. The average molecular weight is 543 g/mol. The first-order valence-corrected chi connectivity index (χ1v) is 13.4. The zero-order valence-corrected chi connectivity index (χ0v) is 24.2. The van der Waals surface area contributed by atoms with Crippen molar-refractivity contribution < 1.29 is 28.8 Å². The van der Waals surface area contributed by atoms with Gasteiger partial charge in [-0.1, -0.05) is 36.4 Å². The number of hydrogen-bond acceptors (Lipinski definition) is 6. The minimum atomic E-state index is 0.166. The Balaban J connectivity index is 1.70. The van der Waals surface area contributed by atoms with E-state index in [4.69, 9.17) is 23.7 Å². The maximum Gasteiger partial charge on any atom is 0.173 e. The van der Waals surface area contributed by atoms with Gasteiger partial charge in [0.2, 0.25) is 0 Å². The van der Waals surface area contributed by atoms with Crippen molar-refractivity contribution in [3.05, 3.63) is 100 Å². The summed E-state index contributed by atoms with van der Waals surface area (Å²) in [5, 5.41) is 10.7. The molecule has 4 aromatic carbocycles. The van der Waals surface area contributed by atoms with Gasteiger partial charge in [0.1, 0.15) is 28.7 Å². The lowest BCUT2D eigenvalue weighted by Crippen LogP contribution is -2.04. The number of benzene rings is 4. The third kappa shape index (κ3) is 6.28. The van der Waals surface area contributed by atoms with E-state index < -0.39 is 0 Å². The van der Waals surface area contributed by atoms with Crippen molar-refractivity contribution in [3.8, 4) is 40.2 Å². The largest absolute Gasteiger partial charge is 0.508 e. The molecule has 0 aliphatic carbocycles. The molecule has 0 unspecified atom stereocenters. The maximum atomic E-state index is 10.7. The van der Waals surface area contributed by atoms with Gasteiger partial charge in [0.25, 0.3) is 0 Å². The first-order valence-electron chi connectivity index (χ1n) is 13.4. The van der Waals surface area contributed by atoms with Gasteiger partial charge in [-0.3, -0.25) is 0 Å². The zero-order chi connectivity index (χ0) is 28.6. The van der Waals surface area contributed by atoms with E-state index in [0.29, 0.717) is 35.8 Å². The molecule has 0 fully saturated rings. The number of rotatable bonds is 12. The van der Waals surface area contributed by atoms with E-state index in [2.05, 4.69) is 25.1 Å². The van der Waals surface area contributed by atoms with E-state index in [-0.39, 0.29) is 5.75 Å². The second kappa shape index (κ2) is 13.2. The summed E-state index contributed by atoms with van der Waals surface area (Å²) in [5.41, 5.74) is 5.98. The van der Waals surface area contributed by atoms with Gasteiger partial charge < -0.3 is 28.8 Å². The van der Waals surface area contributed by atoms with Gasteiger partial charge >= 0.3 is 0 Å². The summed E-state index contributed by atoms with van der Waals surface area (Å²) >= 11 is 0. The summed E-state index contributed by atoms with van der Waals surface area (Å²) < 4.78 is 29.1. The fourth-order valence-electron chi connectivity index (χ4n) is 4.99. The molecule has 4 aromatic rings. The molecule has 0 saturated carbocycles.